The molecule has 7 nitrogen and oxygen atoms in total. The molecule has 1 N–H and O–H groups in total. The fourth-order valence-electron chi connectivity index (χ4n) is 3.43. The van der Waals surface area contributed by atoms with Gasteiger partial charge >= 0.3 is 0 Å². The number of anilines is 2. The summed E-state index contributed by atoms with van der Waals surface area (Å²) in [7, 11) is 4.62. The van der Waals surface area contributed by atoms with Crippen LogP contribution < -0.4 is 24.4 Å². The van der Waals surface area contributed by atoms with Crippen LogP contribution in [0.4, 0.5) is 11.4 Å². The van der Waals surface area contributed by atoms with Gasteiger partial charge in [-0.05, 0) is 54.8 Å². The van der Waals surface area contributed by atoms with Gasteiger partial charge < -0.3 is 24.4 Å². The van der Waals surface area contributed by atoms with Crippen LogP contribution in [0.15, 0.2) is 36.4 Å². The summed E-state index contributed by atoms with van der Waals surface area (Å²) in [5.41, 5.74) is 3.20. The van der Waals surface area contributed by atoms with Crippen molar-refractivity contribution in [1.82, 2.24) is 0 Å². The van der Waals surface area contributed by atoms with Gasteiger partial charge in [0.25, 0.3) is 0 Å². The Morgan fingerprint density at radius 2 is 1.77 bits per heavy atom. The minimum Gasteiger partial charge on any atom is -0.493 e. The van der Waals surface area contributed by atoms with Crippen molar-refractivity contribution in [2.24, 2.45) is 0 Å². The summed E-state index contributed by atoms with van der Waals surface area (Å²) in [6.45, 7) is 2.66. The lowest BCUT2D eigenvalue weighted by molar-refractivity contribution is -0.117. The van der Waals surface area contributed by atoms with Crippen LogP contribution in [0.1, 0.15) is 24.0 Å². The molecule has 0 aliphatic carbocycles. The number of hydrogen-bond donors (Lipinski definition) is 1. The van der Waals surface area contributed by atoms with Gasteiger partial charge in [0.05, 0.1) is 21.3 Å². The Morgan fingerprint density at radius 3 is 2.33 bits per heavy atom. The van der Waals surface area contributed by atoms with Gasteiger partial charge in [-0.3, -0.25) is 9.59 Å². The molecule has 0 saturated carbocycles. The number of hydrogen-bond acceptors (Lipinski definition) is 5. The Labute approximate surface area is 176 Å². The van der Waals surface area contributed by atoms with Crippen molar-refractivity contribution in [3.63, 3.8) is 0 Å². The first-order valence-electron chi connectivity index (χ1n) is 9.67. The first-order chi connectivity index (χ1) is 14.5. The topological polar surface area (TPSA) is 77.1 Å². The van der Waals surface area contributed by atoms with Crippen molar-refractivity contribution in [3.05, 3.63) is 47.5 Å². The molecule has 0 bridgehead atoms. The molecule has 2 aromatic rings. The SMILES string of the molecule is COc1cc(/C=C/C(=O)Nc2ccc(C)c(N3CCCC3=O)c2)cc(OC)c1OC. The van der Waals surface area contributed by atoms with E-state index in [1.807, 2.05) is 25.1 Å². The van der Waals surface area contributed by atoms with Gasteiger partial charge in [0, 0.05) is 30.4 Å². The average Bonchev–Trinajstić information content (AvgIpc) is 3.18. The zero-order valence-electron chi connectivity index (χ0n) is 17.7. The number of nitrogens with zero attached hydrogens (tertiary/aromatic N) is 1. The van der Waals surface area contributed by atoms with Gasteiger partial charge in [-0.1, -0.05) is 6.07 Å². The van der Waals surface area contributed by atoms with Crippen LogP contribution in [-0.4, -0.2) is 39.7 Å². The molecule has 0 aromatic heterocycles. The summed E-state index contributed by atoms with van der Waals surface area (Å²) in [6.07, 6.45) is 4.51. The molecule has 158 valence electrons. The number of ether oxygens (including phenoxy) is 3. The number of nitrogens with one attached hydrogen (secondary N) is 1. The Kier molecular flexibility index (Phi) is 6.61. The highest BCUT2D eigenvalue weighted by Crippen LogP contribution is 2.38. The maximum absolute atomic E-state index is 12.4. The van der Waals surface area contributed by atoms with E-state index in [0.29, 0.717) is 35.9 Å². The van der Waals surface area contributed by atoms with E-state index in [0.717, 1.165) is 23.2 Å². The second-order valence-corrected chi connectivity index (χ2v) is 6.93. The summed E-state index contributed by atoms with van der Waals surface area (Å²) >= 11 is 0. The smallest absolute Gasteiger partial charge is 0.248 e. The van der Waals surface area contributed by atoms with Crippen LogP contribution in [-0.2, 0) is 9.59 Å². The molecule has 1 aliphatic rings. The van der Waals surface area contributed by atoms with E-state index < -0.39 is 0 Å². The zero-order chi connectivity index (χ0) is 21.7. The summed E-state index contributed by atoms with van der Waals surface area (Å²) in [5.74, 6) is 1.34. The molecular formula is C23H26N2O5. The van der Waals surface area contributed by atoms with Gasteiger partial charge in [0.2, 0.25) is 17.6 Å². The van der Waals surface area contributed by atoms with Crippen molar-refractivity contribution in [2.45, 2.75) is 19.8 Å². The molecule has 1 aliphatic heterocycles. The molecule has 1 heterocycles. The molecule has 1 fully saturated rings. The van der Waals surface area contributed by atoms with E-state index in [2.05, 4.69) is 5.32 Å². The lowest BCUT2D eigenvalue weighted by Gasteiger charge is -2.19. The third-order valence-electron chi connectivity index (χ3n) is 4.96. The van der Waals surface area contributed by atoms with Crippen LogP contribution in [0.3, 0.4) is 0 Å². The number of rotatable bonds is 7. The number of carbonyl (C=O) groups excluding carboxylic acids is 2. The monoisotopic (exact) mass is 410 g/mol. The summed E-state index contributed by atoms with van der Waals surface area (Å²) in [6, 6.07) is 9.08. The molecule has 30 heavy (non-hydrogen) atoms. The number of amides is 2. The van der Waals surface area contributed by atoms with Crippen molar-refractivity contribution in [3.8, 4) is 17.2 Å². The van der Waals surface area contributed by atoms with Gasteiger partial charge in [-0.25, -0.2) is 0 Å². The van der Waals surface area contributed by atoms with E-state index in [1.165, 1.54) is 27.4 Å². The van der Waals surface area contributed by atoms with Crippen LogP contribution >= 0.6 is 0 Å². The minimum absolute atomic E-state index is 0.115. The van der Waals surface area contributed by atoms with Crippen molar-refractivity contribution in [2.75, 3.05) is 38.1 Å². The summed E-state index contributed by atoms with van der Waals surface area (Å²) in [4.78, 5) is 26.3. The Bertz CT molecular complexity index is 959. The normalized spacial score (nSPS) is 13.6. The maximum Gasteiger partial charge on any atom is 0.248 e. The van der Waals surface area contributed by atoms with Gasteiger partial charge in [0.1, 0.15) is 0 Å². The highest BCUT2D eigenvalue weighted by Gasteiger charge is 2.23. The molecule has 7 heteroatoms. The van der Waals surface area contributed by atoms with Crippen LogP contribution in [0.25, 0.3) is 6.08 Å². The lowest BCUT2D eigenvalue weighted by atomic mass is 10.1. The Balaban J connectivity index is 1.76. The minimum atomic E-state index is -0.286. The van der Waals surface area contributed by atoms with Gasteiger partial charge in [0.15, 0.2) is 11.5 Å². The highest BCUT2D eigenvalue weighted by atomic mass is 16.5. The van der Waals surface area contributed by atoms with E-state index >= 15 is 0 Å². The molecule has 0 atom stereocenters. The zero-order valence-corrected chi connectivity index (χ0v) is 17.7. The molecule has 2 amide bonds. The number of carbonyl (C=O) groups is 2. The molecular weight excluding hydrogens is 384 g/mol. The molecule has 0 spiro atoms. The second kappa shape index (κ2) is 9.35. The molecule has 1 saturated heterocycles. The quantitative estimate of drug-likeness (QED) is 0.703. The first-order valence-corrected chi connectivity index (χ1v) is 9.67. The third kappa shape index (κ3) is 4.56. The fourth-order valence-corrected chi connectivity index (χ4v) is 3.43. The molecule has 0 unspecified atom stereocenters. The van der Waals surface area contributed by atoms with Crippen molar-refractivity contribution < 1.29 is 23.8 Å². The Hall–Kier alpha value is -3.48. The standard InChI is InChI=1S/C23H26N2O5/c1-15-7-9-17(14-18(15)25-11-5-6-22(25)27)24-21(26)10-8-16-12-19(28-2)23(30-4)20(13-16)29-3/h7-10,12-14H,5-6,11H2,1-4H3,(H,24,26)/b10-8+. The fraction of sp³-hybridized carbons (Fsp3) is 0.304. The molecule has 2 aromatic carbocycles. The van der Waals surface area contributed by atoms with E-state index in [4.69, 9.17) is 14.2 Å². The second-order valence-electron chi connectivity index (χ2n) is 6.93. The molecule has 0 radical (unpaired) electrons. The first kappa shape index (κ1) is 21.2. The van der Waals surface area contributed by atoms with Crippen molar-refractivity contribution >= 4 is 29.3 Å². The van der Waals surface area contributed by atoms with Gasteiger partial charge in [-0.2, -0.15) is 0 Å². The lowest BCUT2D eigenvalue weighted by Crippen LogP contribution is -2.24. The third-order valence-corrected chi connectivity index (χ3v) is 4.96. The summed E-state index contributed by atoms with van der Waals surface area (Å²) < 4.78 is 16.0. The average molecular weight is 410 g/mol. The highest BCUT2D eigenvalue weighted by molar-refractivity contribution is 6.03. The van der Waals surface area contributed by atoms with Crippen LogP contribution in [0.5, 0.6) is 17.2 Å². The summed E-state index contributed by atoms with van der Waals surface area (Å²) in [5, 5.41) is 2.85. The van der Waals surface area contributed by atoms with E-state index in [-0.39, 0.29) is 11.8 Å². The predicted molar refractivity (Wildman–Crippen MR) is 117 cm³/mol. The van der Waals surface area contributed by atoms with Crippen LogP contribution in [0, 0.1) is 6.92 Å². The molecule has 3 rings (SSSR count). The maximum atomic E-state index is 12.4. The van der Waals surface area contributed by atoms with E-state index in [1.54, 1.807) is 23.1 Å². The largest absolute Gasteiger partial charge is 0.493 e. The van der Waals surface area contributed by atoms with E-state index in [9.17, 15) is 9.59 Å². The van der Waals surface area contributed by atoms with Crippen molar-refractivity contribution in [1.29, 1.82) is 0 Å². The Morgan fingerprint density at radius 1 is 1.07 bits per heavy atom. The number of methoxy groups -OCH3 is 3. The number of aryl methyl sites for hydroxylation is 1. The predicted octanol–water partition coefficient (Wildman–Crippen LogP) is 3.80. The number of benzene rings is 2. The van der Waals surface area contributed by atoms with Gasteiger partial charge in [-0.15, -0.1) is 0 Å². The van der Waals surface area contributed by atoms with Crippen LogP contribution in [0.2, 0.25) is 0 Å².